The van der Waals surface area contributed by atoms with Crippen LogP contribution in [0.4, 0.5) is 0 Å². The number of allylic oxidation sites excluding steroid dienone is 4. The van der Waals surface area contributed by atoms with Gasteiger partial charge < -0.3 is 0 Å². The van der Waals surface area contributed by atoms with E-state index < -0.39 is 0 Å². The predicted octanol–water partition coefficient (Wildman–Crippen LogP) is 15.0. The zero-order valence-electron chi connectivity index (χ0n) is 32.2. The van der Waals surface area contributed by atoms with Crippen LogP contribution in [-0.2, 0) is 16.2 Å². The Morgan fingerprint density at radius 2 is 0.796 bits per heavy atom. The summed E-state index contributed by atoms with van der Waals surface area (Å²) in [5.74, 6) is 0. The van der Waals surface area contributed by atoms with Crippen LogP contribution in [0, 0.1) is 0 Å². The normalized spacial score (nSPS) is 20.9. The van der Waals surface area contributed by atoms with E-state index in [2.05, 4.69) is 133 Å². The van der Waals surface area contributed by atoms with Gasteiger partial charge in [-0.1, -0.05) is 179 Å². The highest BCUT2D eigenvalue weighted by molar-refractivity contribution is 5.86. The van der Waals surface area contributed by atoms with Crippen molar-refractivity contribution in [2.45, 2.75) is 125 Å². The largest absolute Gasteiger partial charge is 0.0839 e. The molecule has 3 fully saturated rings. The van der Waals surface area contributed by atoms with Crippen LogP contribution in [0.15, 0.2) is 139 Å². The zero-order chi connectivity index (χ0) is 36.0. The molecule has 5 aliphatic rings. The highest BCUT2D eigenvalue weighted by Crippen LogP contribution is 2.57. The molecule has 3 saturated carbocycles. The summed E-state index contributed by atoms with van der Waals surface area (Å²) in [6, 6.07) is 45.9. The average molecular weight is 705 g/mol. The molecule has 0 unspecified atom stereocenters. The summed E-state index contributed by atoms with van der Waals surface area (Å²) in [6.07, 6.45) is 29.3. The average Bonchev–Trinajstić information content (AvgIpc) is 3.52. The van der Waals surface area contributed by atoms with Gasteiger partial charge in [0, 0.05) is 16.2 Å². The SMILES string of the molecule is C1=CC(C2(c3ccc(-c4ccc5c(c4)C4(CCCCC4)c4cc(-c6ccc(C7(c8ccccc8)CCCCC7)cc6)ccc4-5)cc3)CCCCC2)=CCC1. The van der Waals surface area contributed by atoms with E-state index >= 15 is 0 Å². The Hall–Kier alpha value is -4.42. The molecule has 5 aromatic rings. The first-order valence-corrected chi connectivity index (χ1v) is 21.6. The summed E-state index contributed by atoms with van der Waals surface area (Å²) in [4.78, 5) is 0. The summed E-state index contributed by atoms with van der Waals surface area (Å²) in [6.45, 7) is 0. The Morgan fingerprint density at radius 3 is 1.30 bits per heavy atom. The van der Waals surface area contributed by atoms with Crippen molar-refractivity contribution in [3.05, 3.63) is 167 Å². The van der Waals surface area contributed by atoms with Gasteiger partial charge in [-0.2, -0.15) is 0 Å². The third-order valence-corrected chi connectivity index (χ3v) is 14.9. The Morgan fingerprint density at radius 1 is 0.352 bits per heavy atom. The van der Waals surface area contributed by atoms with E-state index in [1.54, 1.807) is 16.7 Å². The molecular weight excluding hydrogens is 649 g/mol. The molecule has 0 bridgehead atoms. The van der Waals surface area contributed by atoms with Gasteiger partial charge in [0.05, 0.1) is 0 Å². The molecule has 1 spiro atoms. The van der Waals surface area contributed by atoms with Gasteiger partial charge in [0.15, 0.2) is 0 Å². The Balaban J connectivity index is 0.979. The van der Waals surface area contributed by atoms with Crippen molar-refractivity contribution in [3.63, 3.8) is 0 Å². The fourth-order valence-electron chi connectivity index (χ4n) is 12.0. The molecule has 5 aliphatic carbocycles. The topological polar surface area (TPSA) is 0 Å². The van der Waals surface area contributed by atoms with Crippen LogP contribution in [0.3, 0.4) is 0 Å². The number of hydrogen-bond donors (Lipinski definition) is 0. The maximum atomic E-state index is 2.60. The first-order chi connectivity index (χ1) is 26.7. The third-order valence-electron chi connectivity index (χ3n) is 14.9. The summed E-state index contributed by atoms with van der Waals surface area (Å²) in [7, 11) is 0. The van der Waals surface area contributed by atoms with Gasteiger partial charge in [-0.3, -0.25) is 0 Å². The molecule has 0 heteroatoms. The van der Waals surface area contributed by atoms with E-state index in [1.807, 2.05) is 0 Å². The fourth-order valence-corrected chi connectivity index (χ4v) is 12.0. The van der Waals surface area contributed by atoms with Crippen molar-refractivity contribution in [2.75, 3.05) is 0 Å². The Labute approximate surface area is 324 Å². The third kappa shape index (κ3) is 5.62. The van der Waals surface area contributed by atoms with Gasteiger partial charge in [-0.05, 0) is 130 Å². The lowest BCUT2D eigenvalue weighted by molar-refractivity contribution is 0.343. The Bertz CT molecular complexity index is 2170. The highest BCUT2D eigenvalue weighted by atomic mass is 14.5. The van der Waals surface area contributed by atoms with Crippen LogP contribution in [0.2, 0.25) is 0 Å². The van der Waals surface area contributed by atoms with E-state index in [1.165, 1.54) is 159 Å². The van der Waals surface area contributed by atoms with Crippen molar-refractivity contribution in [2.24, 2.45) is 0 Å². The Kier molecular flexibility index (Phi) is 8.85. The van der Waals surface area contributed by atoms with Crippen molar-refractivity contribution >= 4 is 0 Å². The first kappa shape index (κ1) is 34.1. The molecule has 0 N–H and O–H groups in total. The molecular formula is C54H56. The molecule has 0 aromatic heterocycles. The van der Waals surface area contributed by atoms with Crippen LogP contribution in [0.1, 0.15) is 137 Å². The molecule has 0 radical (unpaired) electrons. The van der Waals surface area contributed by atoms with E-state index in [4.69, 9.17) is 0 Å². The molecule has 5 aromatic carbocycles. The second kappa shape index (κ2) is 14.0. The van der Waals surface area contributed by atoms with Gasteiger partial charge in [-0.15, -0.1) is 0 Å². The van der Waals surface area contributed by atoms with Crippen LogP contribution in [0.25, 0.3) is 33.4 Å². The monoisotopic (exact) mass is 704 g/mol. The standard InChI is InChI=1S/C54H56/c1-6-16-44(17-7-1)52(32-10-3-11-33-52)46-26-20-40(21-27-46)42-24-30-48-49-31-25-43(39-51(49)54(50(48)38-42)36-14-5-15-37-54)41-22-28-47(29-23-41)53(34-12-4-13-35-53)45-18-8-2-9-19-45/h1,6-8,16-31,38-39H,2-5,9-15,32-37H2. The van der Waals surface area contributed by atoms with Crippen molar-refractivity contribution in [1.82, 2.24) is 0 Å². The number of fused-ring (bicyclic) bond motifs is 5. The van der Waals surface area contributed by atoms with Crippen LogP contribution >= 0.6 is 0 Å². The molecule has 0 aliphatic heterocycles. The molecule has 0 heterocycles. The molecule has 0 saturated heterocycles. The van der Waals surface area contributed by atoms with Crippen LogP contribution in [0.5, 0.6) is 0 Å². The minimum atomic E-state index is 0.111. The van der Waals surface area contributed by atoms with Gasteiger partial charge in [-0.25, -0.2) is 0 Å². The number of rotatable bonds is 6. The number of benzene rings is 5. The quantitative estimate of drug-likeness (QED) is 0.165. The van der Waals surface area contributed by atoms with Gasteiger partial charge in [0.25, 0.3) is 0 Å². The minimum absolute atomic E-state index is 0.111. The minimum Gasteiger partial charge on any atom is -0.0839 e. The highest BCUT2D eigenvalue weighted by Gasteiger charge is 2.44. The molecule has 272 valence electrons. The second-order valence-corrected chi connectivity index (χ2v) is 17.6. The lowest BCUT2D eigenvalue weighted by atomic mass is 9.64. The first-order valence-electron chi connectivity index (χ1n) is 21.6. The van der Waals surface area contributed by atoms with Crippen LogP contribution < -0.4 is 0 Å². The summed E-state index contributed by atoms with van der Waals surface area (Å²) in [5, 5.41) is 0. The van der Waals surface area contributed by atoms with Gasteiger partial charge in [0.2, 0.25) is 0 Å². The zero-order valence-corrected chi connectivity index (χ0v) is 32.2. The smallest absolute Gasteiger partial charge is 0.0215 e. The van der Waals surface area contributed by atoms with E-state index in [9.17, 15) is 0 Å². The maximum Gasteiger partial charge on any atom is 0.0215 e. The van der Waals surface area contributed by atoms with Crippen molar-refractivity contribution < 1.29 is 0 Å². The van der Waals surface area contributed by atoms with Crippen molar-refractivity contribution in [1.29, 1.82) is 0 Å². The molecule has 54 heavy (non-hydrogen) atoms. The summed E-state index contributed by atoms with van der Waals surface area (Å²) >= 11 is 0. The second-order valence-electron chi connectivity index (χ2n) is 17.6. The molecule has 10 rings (SSSR count). The molecule has 0 amide bonds. The van der Waals surface area contributed by atoms with E-state index in [0.29, 0.717) is 0 Å². The number of hydrogen-bond acceptors (Lipinski definition) is 0. The lowest BCUT2D eigenvalue weighted by Crippen LogP contribution is -2.31. The van der Waals surface area contributed by atoms with E-state index in [0.717, 1.165) is 0 Å². The van der Waals surface area contributed by atoms with Crippen LogP contribution in [-0.4, -0.2) is 0 Å². The summed E-state index contributed by atoms with van der Waals surface area (Å²) < 4.78 is 0. The van der Waals surface area contributed by atoms with Crippen molar-refractivity contribution in [3.8, 4) is 33.4 Å². The van der Waals surface area contributed by atoms with E-state index in [-0.39, 0.29) is 16.2 Å². The maximum absolute atomic E-state index is 2.60. The van der Waals surface area contributed by atoms with Gasteiger partial charge in [0.1, 0.15) is 0 Å². The molecule has 0 nitrogen and oxygen atoms in total. The molecule has 0 atom stereocenters. The summed E-state index contributed by atoms with van der Waals surface area (Å²) in [5.41, 5.74) is 18.1. The predicted molar refractivity (Wildman–Crippen MR) is 228 cm³/mol. The fraction of sp³-hybridized carbons (Fsp3) is 0.370. The van der Waals surface area contributed by atoms with Gasteiger partial charge >= 0.3 is 0 Å². The lowest BCUT2D eigenvalue weighted by Gasteiger charge is -2.40.